The summed E-state index contributed by atoms with van der Waals surface area (Å²) in [5, 5.41) is 3.33. The van der Waals surface area contributed by atoms with Crippen molar-refractivity contribution in [2.75, 3.05) is 18.9 Å². The van der Waals surface area contributed by atoms with Crippen molar-refractivity contribution in [3.8, 4) is 0 Å². The summed E-state index contributed by atoms with van der Waals surface area (Å²) in [6, 6.07) is 0. The van der Waals surface area contributed by atoms with Crippen LogP contribution < -0.4 is 5.32 Å². The number of hydrogen-bond donors (Lipinski definition) is 1. The molecule has 3 nitrogen and oxygen atoms in total. The highest BCUT2D eigenvalue weighted by Gasteiger charge is 2.33. The van der Waals surface area contributed by atoms with Crippen molar-refractivity contribution in [1.29, 1.82) is 0 Å². The van der Waals surface area contributed by atoms with Crippen molar-refractivity contribution < 1.29 is 9.53 Å². The van der Waals surface area contributed by atoms with E-state index in [1.165, 1.54) is 0 Å². The van der Waals surface area contributed by atoms with Crippen molar-refractivity contribution in [2.24, 2.45) is 0 Å². The summed E-state index contributed by atoms with van der Waals surface area (Å²) in [5.41, 5.74) is -0.551. The Hall–Kier alpha value is -0.220. The van der Waals surface area contributed by atoms with E-state index in [0.717, 1.165) is 25.1 Å². The highest BCUT2D eigenvalue weighted by molar-refractivity contribution is 8.00. The van der Waals surface area contributed by atoms with Crippen molar-refractivity contribution in [3.05, 3.63) is 0 Å². The molecule has 0 heterocycles. The lowest BCUT2D eigenvalue weighted by Gasteiger charge is -2.29. The van der Waals surface area contributed by atoms with Crippen LogP contribution in [-0.4, -0.2) is 35.2 Å². The van der Waals surface area contributed by atoms with Crippen LogP contribution >= 0.6 is 11.8 Å². The number of hydrogen-bond acceptors (Lipinski definition) is 4. The molecular weight excluding hydrogens is 246 g/mol. The predicted octanol–water partition coefficient (Wildman–Crippen LogP) is 3.23. The summed E-state index contributed by atoms with van der Waals surface area (Å²) < 4.78 is 5.41. The van der Waals surface area contributed by atoms with Gasteiger partial charge in [0.05, 0.1) is 6.61 Å². The van der Waals surface area contributed by atoms with Crippen LogP contribution in [-0.2, 0) is 9.53 Å². The number of ether oxygens (including phenoxy) is 1. The van der Waals surface area contributed by atoms with Crippen molar-refractivity contribution in [2.45, 2.75) is 64.7 Å². The molecule has 0 aliphatic carbocycles. The average Bonchev–Trinajstić information content (AvgIpc) is 2.25. The van der Waals surface area contributed by atoms with Gasteiger partial charge in [-0.1, -0.05) is 27.7 Å². The van der Waals surface area contributed by atoms with Crippen LogP contribution in [0.2, 0.25) is 0 Å². The Kier molecular flexibility index (Phi) is 7.95. The van der Waals surface area contributed by atoms with E-state index in [0.29, 0.717) is 6.61 Å². The maximum absolute atomic E-state index is 12.0. The monoisotopic (exact) mass is 275 g/mol. The molecule has 0 spiro atoms. The molecule has 108 valence electrons. The number of esters is 1. The van der Waals surface area contributed by atoms with Gasteiger partial charge in [0, 0.05) is 4.75 Å². The van der Waals surface area contributed by atoms with Crippen LogP contribution in [0.25, 0.3) is 0 Å². The first kappa shape index (κ1) is 17.8. The molecule has 0 bridgehead atoms. The first-order chi connectivity index (χ1) is 8.25. The van der Waals surface area contributed by atoms with Crippen LogP contribution in [0.3, 0.4) is 0 Å². The van der Waals surface area contributed by atoms with Gasteiger partial charge in [-0.2, -0.15) is 11.8 Å². The summed E-state index contributed by atoms with van der Waals surface area (Å²) in [6.45, 7) is 13.8. The second kappa shape index (κ2) is 8.05. The van der Waals surface area contributed by atoms with Gasteiger partial charge in [-0.05, 0) is 39.0 Å². The van der Waals surface area contributed by atoms with Crippen molar-refractivity contribution >= 4 is 17.7 Å². The summed E-state index contributed by atoms with van der Waals surface area (Å²) in [7, 11) is 0. The molecule has 0 saturated carbocycles. The Morgan fingerprint density at radius 2 is 1.83 bits per heavy atom. The van der Waals surface area contributed by atoms with Crippen LogP contribution in [0.4, 0.5) is 0 Å². The van der Waals surface area contributed by atoms with Gasteiger partial charge in [0.2, 0.25) is 0 Å². The van der Waals surface area contributed by atoms with Gasteiger partial charge in [-0.15, -0.1) is 0 Å². The van der Waals surface area contributed by atoms with E-state index in [1.54, 1.807) is 0 Å². The van der Waals surface area contributed by atoms with Crippen LogP contribution in [0.5, 0.6) is 0 Å². The van der Waals surface area contributed by atoms with E-state index in [1.807, 2.05) is 25.6 Å². The molecule has 0 rings (SSSR count). The van der Waals surface area contributed by atoms with Gasteiger partial charge >= 0.3 is 5.97 Å². The maximum atomic E-state index is 12.0. The lowest BCUT2D eigenvalue weighted by Crippen LogP contribution is -2.51. The number of carbonyl (C=O) groups excluding carboxylic acids is 1. The normalized spacial score (nSPS) is 15.2. The topological polar surface area (TPSA) is 38.3 Å². The first-order valence-corrected chi connectivity index (χ1v) is 7.80. The zero-order valence-corrected chi connectivity index (χ0v) is 13.6. The second-order valence-electron chi connectivity index (χ2n) is 5.69. The third kappa shape index (κ3) is 7.27. The summed E-state index contributed by atoms with van der Waals surface area (Å²) in [5.74, 6) is 0.822. The molecule has 1 atom stereocenters. The minimum atomic E-state index is -0.551. The molecule has 0 aromatic carbocycles. The zero-order chi connectivity index (χ0) is 14.2. The number of nitrogens with one attached hydrogen (secondary N) is 1. The molecule has 18 heavy (non-hydrogen) atoms. The minimum Gasteiger partial charge on any atom is -0.465 e. The van der Waals surface area contributed by atoms with E-state index < -0.39 is 5.54 Å². The Morgan fingerprint density at radius 3 is 2.28 bits per heavy atom. The van der Waals surface area contributed by atoms with E-state index in [2.05, 4.69) is 33.0 Å². The first-order valence-electron chi connectivity index (χ1n) is 6.81. The van der Waals surface area contributed by atoms with Gasteiger partial charge in [0.25, 0.3) is 0 Å². The Balaban J connectivity index is 4.42. The van der Waals surface area contributed by atoms with Gasteiger partial charge in [-0.25, -0.2) is 0 Å². The smallest absolute Gasteiger partial charge is 0.326 e. The Morgan fingerprint density at radius 1 is 1.22 bits per heavy atom. The average molecular weight is 275 g/mol. The zero-order valence-electron chi connectivity index (χ0n) is 12.8. The quantitative estimate of drug-likeness (QED) is 0.690. The lowest BCUT2D eigenvalue weighted by atomic mass is 9.99. The lowest BCUT2D eigenvalue weighted by molar-refractivity contribution is -0.150. The van der Waals surface area contributed by atoms with Gasteiger partial charge in [-0.3, -0.25) is 4.79 Å². The number of carbonyl (C=O) groups is 1. The molecule has 0 radical (unpaired) electrons. The molecular formula is C14H29NO2S. The number of rotatable bonds is 8. The van der Waals surface area contributed by atoms with Crippen molar-refractivity contribution in [1.82, 2.24) is 5.32 Å². The van der Waals surface area contributed by atoms with Crippen LogP contribution in [0, 0.1) is 0 Å². The summed E-state index contributed by atoms with van der Waals surface area (Å²) in [6.07, 6.45) is 1.81. The van der Waals surface area contributed by atoms with E-state index in [9.17, 15) is 4.79 Å². The summed E-state index contributed by atoms with van der Waals surface area (Å²) >= 11 is 1.88. The molecule has 0 amide bonds. The van der Waals surface area contributed by atoms with Gasteiger partial charge in [0.1, 0.15) is 5.54 Å². The fourth-order valence-electron chi connectivity index (χ4n) is 1.52. The molecule has 0 saturated heterocycles. The van der Waals surface area contributed by atoms with E-state index in [4.69, 9.17) is 4.74 Å². The SMILES string of the molecule is CCCNC(C)(CCSC(C)(C)C)C(=O)OCC. The fourth-order valence-corrected chi connectivity index (χ4v) is 2.64. The molecule has 0 aromatic rings. The second-order valence-corrected chi connectivity index (χ2v) is 7.61. The maximum Gasteiger partial charge on any atom is 0.326 e. The molecule has 4 heteroatoms. The highest BCUT2D eigenvalue weighted by Crippen LogP contribution is 2.26. The summed E-state index contributed by atoms with van der Waals surface area (Å²) in [4.78, 5) is 12.0. The van der Waals surface area contributed by atoms with Crippen LogP contribution in [0.15, 0.2) is 0 Å². The van der Waals surface area contributed by atoms with Crippen molar-refractivity contribution in [3.63, 3.8) is 0 Å². The molecule has 1 unspecified atom stereocenters. The fraction of sp³-hybridized carbons (Fsp3) is 0.929. The molecule has 0 aliphatic heterocycles. The highest BCUT2D eigenvalue weighted by atomic mass is 32.2. The third-order valence-electron chi connectivity index (χ3n) is 2.63. The minimum absolute atomic E-state index is 0.132. The predicted molar refractivity (Wildman–Crippen MR) is 80.2 cm³/mol. The van der Waals surface area contributed by atoms with Gasteiger partial charge in [0.15, 0.2) is 0 Å². The third-order valence-corrected chi connectivity index (χ3v) is 3.90. The van der Waals surface area contributed by atoms with E-state index in [-0.39, 0.29) is 10.7 Å². The largest absolute Gasteiger partial charge is 0.465 e. The standard InChI is InChI=1S/C14H29NO2S/c1-7-10-15-14(6,12(16)17-8-2)9-11-18-13(3,4)5/h15H,7-11H2,1-6H3. The molecule has 0 fully saturated rings. The Labute approximate surface area is 116 Å². The van der Waals surface area contributed by atoms with Gasteiger partial charge < -0.3 is 10.1 Å². The van der Waals surface area contributed by atoms with E-state index >= 15 is 0 Å². The molecule has 0 aliphatic rings. The molecule has 0 aromatic heterocycles. The molecule has 1 N–H and O–H groups in total. The number of thioether (sulfide) groups is 1. The Bertz CT molecular complexity index is 251. The van der Waals surface area contributed by atoms with Crippen LogP contribution in [0.1, 0.15) is 54.4 Å².